The first-order chi connectivity index (χ1) is 17.0. The van der Waals surface area contributed by atoms with E-state index < -0.39 is 5.91 Å². The first kappa shape index (κ1) is 22.2. The normalized spacial score (nSPS) is 15.0. The molecule has 5 N–H and O–H groups in total. The van der Waals surface area contributed by atoms with Gasteiger partial charge >= 0.3 is 0 Å². The van der Waals surface area contributed by atoms with Crippen molar-refractivity contribution in [3.8, 4) is 10.4 Å². The fraction of sp³-hybridized carbons (Fsp3) is 0.296. The topological polar surface area (TPSA) is 111 Å². The lowest BCUT2D eigenvalue weighted by molar-refractivity contribution is 0.100. The third-order valence-corrected chi connectivity index (χ3v) is 9.39. The minimum Gasteiger partial charge on any atom is -0.397 e. The predicted molar refractivity (Wildman–Crippen MR) is 144 cm³/mol. The third-order valence-electron chi connectivity index (χ3n) is 7.09. The van der Waals surface area contributed by atoms with Crippen molar-refractivity contribution >= 4 is 55.4 Å². The molecule has 2 aliphatic rings. The monoisotopic (exact) mass is 502 g/mol. The van der Waals surface area contributed by atoms with Gasteiger partial charge in [0.1, 0.15) is 14.7 Å². The molecule has 3 aromatic heterocycles. The van der Waals surface area contributed by atoms with Crippen LogP contribution in [0, 0.1) is 0 Å². The average Bonchev–Trinajstić information content (AvgIpc) is 3.36. The van der Waals surface area contributed by atoms with E-state index in [1.807, 2.05) is 12.1 Å². The fourth-order valence-corrected chi connectivity index (χ4v) is 7.63. The standard InChI is InChI=1S/C27H26N4O2S2/c28-21-18-13-15-8-3-1-2-4-10-19(15)30-26(18)35-23(21)25(33)31-27-20(24(29)32)17-12-11-14-7-5-6-9-16(14)22(17)34-27/h5-7,9,13H,1-4,8,10-12,28H2,(H2,29,32)(H,31,33). The van der Waals surface area contributed by atoms with E-state index >= 15 is 0 Å². The van der Waals surface area contributed by atoms with Crippen LogP contribution in [0.5, 0.6) is 0 Å². The van der Waals surface area contributed by atoms with Crippen LogP contribution in [0.25, 0.3) is 20.7 Å². The van der Waals surface area contributed by atoms with Gasteiger partial charge in [-0.15, -0.1) is 22.7 Å². The lowest BCUT2D eigenvalue weighted by Crippen LogP contribution is -2.18. The lowest BCUT2D eigenvalue weighted by Gasteiger charge is -2.16. The van der Waals surface area contributed by atoms with E-state index in [0.29, 0.717) is 21.1 Å². The van der Waals surface area contributed by atoms with Crippen molar-refractivity contribution in [3.63, 3.8) is 0 Å². The Morgan fingerprint density at radius 3 is 2.57 bits per heavy atom. The summed E-state index contributed by atoms with van der Waals surface area (Å²) in [6.45, 7) is 0. The Kier molecular flexibility index (Phi) is 5.57. The molecule has 0 atom stereocenters. The molecule has 8 heteroatoms. The Hall–Kier alpha value is -3.23. The number of amides is 2. The molecule has 0 saturated carbocycles. The Balaban J connectivity index is 1.38. The zero-order valence-corrected chi connectivity index (χ0v) is 20.9. The highest BCUT2D eigenvalue weighted by atomic mass is 32.1. The van der Waals surface area contributed by atoms with E-state index in [9.17, 15) is 9.59 Å². The van der Waals surface area contributed by atoms with Gasteiger partial charge in [0.2, 0.25) is 0 Å². The van der Waals surface area contributed by atoms with Crippen LogP contribution in [-0.2, 0) is 25.7 Å². The molecule has 0 spiro atoms. The van der Waals surface area contributed by atoms with Crippen LogP contribution < -0.4 is 16.8 Å². The number of carbonyl (C=O) groups is 2. The second-order valence-electron chi connectivity index (χ2n) is 9.30. The van der Waals surface area contributed by atoms with E-state index in [1.54, 1.807) is 0 Å². The van der Waals surface area contributed by atoms with E-state index in [2.05, 4.69) is 23.5 Å². The highest BCUT2D eigenvalue weighted by molar-refractivity contribution is 7.22. The molecule has 0 bridgehead atoms. The molecular weight excluding hydrogens is 476 g/mol. The largest absolute Gasteiger partial charge is 0.397 e. The van der Waals surface area contributed by atoms with Crippen molar-refractivity contribution < 1.29 is 9.59 Å². The number of fused-ring (bicyclic) bond motifs is 5. The van der Waals surface area contributed by atoms with Gasteiger partial charge in [-0.2, -0.15) is 0 Å². The number of nitrogens with zero attached hydrogens (tertiary/aromatic N) is 1. The molecule has 178 valence electrons. The van der Waals surface area contributed by atoms with Crippen molar-refractivity contribution in [2.75, 3.05) is 11.1 Å². The van der Waals surface area contributed by atoms with Gasteiger partial charge < -0.3 is 16.8 Å². The van der Waals surface area contributed by atoms with Crippen molar-refractivity contribution in [2.45, 2.75) is 51.4 Å². The maximum Gasteiger partial charge on any atom is 0.268 e. The second kappa shape index (κ2) is 8.77. The molecule has 35 heavy (non-hydrogen) atoms. The summed E-state index contributed by atoms with van der Waals surface area (Å²) in [5.74, 6) is -0.852. The highest BCUT2D eigenvalue weighted by Gasteiger charge is 2.29. The van der Waals surface area contributed by atoms with E-state index in [1.165, 1.54) is 46.6 Å². The number of benzene rings is 1. The summed E-state index contributed by atoms with van der Waals surface area (Å²) in [4.78, 5) is 33.0. The second-order valence-corrected chi connectivity index (χ2v) is 11.3. The van der Waals surface area contributed by atoms with Gasteiger partial charge in [-0.25, -0.2) is 4.98 Å². The summed E-state index contributed by atoms with van der Waals surface area (Å²) in [5.41, 5.74) is 18.8. The molecule has 6 nitrogen and oxygen atoms in total. The van der Waals surface area contributed by atoms with Crippen LogP contribution in [0.4, 0.5) is 10.7 Å². The zero-order chi connectivity index (χ0) is 24.1. The first-order valence-corrected chi connectivity index (χ1v) is 13.7. The van der Waals surface area contributed by atoms with Crippen molar-refractivity contribution in [2.24, 2.45) is 5.73 Å². The molecule has 0 radical (unpaired) electrons. The number of hydrogen-bond acceptors (Lipinski definition) is 6. The van der Waals surface area contributed by atoms with Crippen LogP contribution in [-0.4, -0.2) is 16.8 Å². The van der Waals surface area contributed by atoms with Gasteiger partial charge in [-0.3, -0.25) is 9.59 Å². The minimum absolute atomic E-state index is 0.327. The molecule has 2 aliphatic carbocycles. The number of nitrogens with one attached hydrogen (secondary N) is 1. The van der Waals surface area contributed by atoms with Crippen molar-refractivity contribution in [3.05, 3.63) is 63.2 Å². The molecule has 0 aliphatic heterocycles. The summed E-state index contributed by atoms with van der Waals surface area (Å²) in [6, 6.07) is 10.3. The maximum absolute atomic E-state index is 13.4. The maximum atomic E-state index is 13.4. The highest BCUT2D eigenvalue weighted by Crippen LogP contribution is 2.45. The molecule has 0 saturated heterocycles. The molecule has 6 rings (SSSR count). The summed E-state index contributed by atoms with van der Waals surface area (Å²) in [5, 5.41) is 4.30. The number of primary amides is 1. The van der Waals surface area contributed by atoms with E-state index in [0.717, 1.165) is 70.4 Å². The molecule has 3 heterocycles. The van der Waals surface area contributed by atoms with Crippen molar-refractivity contribution in [1.82, 2.24) is 4.98 Å². The Bertz CT molecular complexity index is 1500. The van der Waals surface area contributed by atoms with Gasteiger partial charge in [-0.1, -0.05) is 37.1 Å². The number of nitrogen functional groups attached to an aromatic ring is 1. The molecule has 0 unspecified atom stereocenters. The Labute approximate surface area is 211 Å². The van der Waals surface area contributed by atoms with E-state index in [-0.39, 0.29) is 5.91 Å². The van der Waals surface area contributed by atoms with E-state index in [4.69, 9.17) is 16.5 Å². The summed E-state index contributed by atoms with van der Waals surface area (Å²) in [7, 11) is 0. The lowest BCUT2D eigenvalue weighted by atomic mass is 9.89. The Morgan fingerprint density at radius 2 is 1.74 bits per heavy atom. The third kappa shape index (κ3) is 3.81. The number of rotatable bonds is 3. The van der Waals surface area contributed by atoms with Crippen LogP contribution in [0.1, 0.15) is 68.1 Å². The number of carbonyl (C=O) groups excluding carboxylic acids is 2. The van der Waals surface area contributed by atoms with Crippen LogP contribution in [0.2, 0.25) is 0 Å². The first-order valence-electron chi connectivity index (χ1n) is 12.1. The fourth-order valence-electron chi connectivity index (χ4n) is 5.33. The number of pyridine rings is 1. The van der Waals surface area contributed by atoms with Gasteiger partial charge in [0, 0.05) is 16.0 Å². The summed E-state index contributed by atoms with van der Waals surface area (Å²) >= 11 is 2.72. The number of anilines is 2. The molecular formula is C27H26N4O2S2. The van der Waals surface area contributed by atoms with Gasteiger partial charge in [0.25, 0.3) is 11.8 Å². The minimum atomic E-state index is -0.525. The molecule has 1 aromatic carbocycles. The molecule has 0 fully saturated rings. The quantitative estimate of drug-likeness (QED) is 0.333. The Morgan fingerprint density at radius 1 is 0.943 bits per heavy atom. The number of nitrogens with two attached hydrogens (primary N) is 2. The molecule has 2 amide bonds. The summed E-state index contributed by atoms with van der Waals surface area (Å²) in [6.07, 6.45) is 8.29. The number of thiophene rings is 2. The van der Waals surface area contributed by atoms with Gasteiger partial charge in [0.15, 0.2) is 0 Å². The number of aryl methyl sites for hydroxylation is 3. The number of aromatic nitrogens is 1. The smallest absolute Gasteiger partial charge is 0.268 e. The molecule has 4 aromatic rings. The van der Waals surface area contributed by atoms with Crippen LogP contribution in [0.3, 0.4) is 0 Å². The van der Waals surface area contributed by atoms with Gasteiger partial charge in [0.05, 0.1) is 11.3 Å². The summed E-state index contributed by atoms with van der Waals surface area (Å²) < 4.78 is 0. The number of hydrogen-bond donors (Lipinski definition) is 3. The van der Waals surface area contributed by atoms with Crippen molar-refractivity contribution in [1.29, 1.82) is 0 Å². The average molecular weight is 503 g/mol. The van der Waals surface area contributed by atoms with Crippen LogP contribution in [0.15, 0.2) is 30.3 Å². The van der Waals surface area contributed by atoms with Gasteiger partial charge in [-0.05, 0) is 66.8 Å². The zero-order valence-electron chi connectivity index (χ0n) is 19.3. The van der Waals surface area contributed by atoms with Crippen LogP contribution >= 0.6 is 22.7 Å². The SMILES string of the molecule is NC(=O)c1c(NC(=O)c2sc3nc4c(cc3c2N)CCCCCC4)sc2c1CCc1ccccc1-2. The predicted octanol–water partition coefficient (Wildman–Crippen LogP) is 5.72.